The molecule has 0 N–H and O–H groups in total. The third-order valence-corrected chi connectivity index (χ3v) is 13.1. The van der Waals surface area contributed by atoms with Crippen molar-refractivity contribution in [3.8, 4) is 78.7 Å². The van der Waals surface area contributed by atoms with Gasteiger partial charge < -0.3 is 4.42 Å². The van der Waals surface area contributed by atoms with Crippen LogP contribution in [0.3, 0.4) is 0 Å². The molecule has 0 saturated carbocycles. The summed E-state index contributed by atoms with van der Waals surface area (Å²) in [6.07, 6.45) is 0. The van der Waals surface area contributed by atoms with E-state index in [1.54, 1.807) is 0 Å². The first-order valence-corrected chi connectivity index (χ1v) is 22.7. The highest BCUT2D eigenvalue weighted by atomic mass is 16.3. The van der Waals surface area contributed by atoms with Gasteiger partial charge in [-0.3, -0.25) is 0 Å². The number of hydrogen-bond acceptors (Lipinski definition) is 4. The second kappa shape index (κ2) is 15.9. The van der Waals surface area contributed by atoms with Gasteiger partial charge in [0.05, 0.1) is 0 Å². The predicted molar refractivity (Wildman–Crippen MR) is 278 cm³/mol. The molecule has 2 heterocycles. The summed E-state index contributed by atoms with van der Waals surface area (Å²) in [7, 11) is 0. The molecule has 0 aliphatic carbocycles. The fourth-order valence-corrected chi connectivity index (χ4v) is 9.87. The molecule has 13 rings (SSSR count). The smallest absolute Gasteiger partial charge is 0.164 e. The fraction of sp³-hybridized carbons (Fsp3) is 0. The molecule has 0 aliphatic rings. The predicted octanol–water partition coefficient (Wildman–Crippen LogP) is 16.9. The van der Waals surface area contributed by atoms with Gasteiger partial charge in [-0.15, -0.1) is 0 Å². The van der Waals surface area contributed by atoms with Crippen molar-refractivity contribution in [2.24, 2.45) is 0 Å². The fourth-order valence-electron chi connectivity index (χ4n) is 9.87. The van der Waals surface area contributed by atoms with Crippen LogP contribution in [-0.2, 0) is 0 Å². The van der Waals surface area contributed by atoms with Crippen LogP contribution in [0.2, 0.25) is 0 Å². The van der Waals surface area contributed by atoms with Crippen molar-refractivity contribution in [1.82, 2.24) is 15.0 Å². The number of furan rings is 1. The molecule has 0 spiro atoms. The van der Waals surface area contributed by atoms with Gasteiger partial charge in [-0.1, -0.05) is 200 Å². The van der Waals surface area contributed by atoms with E-state index in [0.29, 0.717) is 17.5 Å². The Morgan fingerprint density at radius 1 is 0.239 bits per heavy atom. The number of fused-ring (bicyclic) bond motifs is 6. The Morgan fingerprint density at radius 2 is 0.731 bits per heavy atom. The minimum atomic E-state index is 0.605. The molecule has 11 aromatic carbocycles. The number of aromatic nitrogens is 3. The highest BCUT2D eigenvalue weighted by Crippen LogP contribution is 2.43. The second-order valence-corrected chi connectivity index (χ2v) is 17.1. The zero-order valence-corrected chi connectivity index (χ0v) is 36.3. The van der Waals surface area contributed by atoms with Gasteiger partial charge in [0.1, 0.15) is 11.2 Å². The van der Waals surface area contributed by atoms with E-state index in [9.17, 15) is 0 Å². The molecule has 67 heavy (non-hydrogen) atoms. The number of para-hydroxylation sites is 1. The maximum Gasteiger partial charge on any atom is 0.164 e. The molecule has 13 aromatic rings. The van der Waals surface area contributed by atoms with Gasteiger partial charge in [-0.05, 0) is 113 Å². The molecule has 0 aliphatic heterocycles. The first-order chi connectivity index (χ1) is 33.2. The Hall–Kier alpha value is -8.99. The summed E-state index contributed by atoms with van der Waals surface area (Å²) in [6, 6.07) is 83.7. The zero-order chi connectivity index (χ0) is 44.3. The summed E-state index contributed by atoms with van der Waals surface area (Å²) >= 11 is 0. The summed E-state index contributed by atoms with van der Waals surface area (Å²) in [5.74, 6) is 1.84. The van der Waals surface area contributed by atoms with Crippen molar-refractivity contribution in [3.63, 3.8) is 0 Å². The highest BCUT2D eigenvalue weighted by Gasteiger charge is 2.19. The first-order valence-electron chi connectivity index (χ1n) is 22.7. The molecular formula is C63H39N3O. The van der Waals surface area contributed by atoms with E-state index >= 15 is 0 Å². The Kier molecular flexibility index (Phi) is 9.14. The van der Waals surface area contributed by atoms with Crippen molar-refractivity contribution in [2.45, 2.75) is 0 Å². The van der Waals surface area contributed by atoms with Gasteiger partial charge in [0.2, 0.25) is 0 Å². The maximum atomic E-state index is 6.43. The Labute approximate surface area is 387 Å². The lowest BCUT2D eigenvalue weighted by atomic mass is 9.88. The Balaban J connectivity index is 0.981. The number of nitrogens with zero attached hydrogens (tertiary/aromatic N) is 3. The minimum Gasteiger partial charge on any atom is -0.456 e. The van der Waals surface area contributed by atoms with Gasteiger partial charge in [0, 0.05) is 27.5 Å². The summed E-state index contributed by atoms with van der Waals surface area (Å²) in [6.45, 7) is 0. The van der Waals surface area contributed by atoms with Crippen molar-refractivity contribution in [1.29, 1.82) is 0 Å². The van der Waals surface area contributed by atoms with Crippen LogP contribution in [0.1, 0.15) is 0 Å². The van der Waals surface area contributed by atoms with E-state index < -0.39 is 0 Å². The van der Waals surface area contributed by atoms with Gasteiger partial charge >= 0.3 is 0 Å². The number of hydrogen-bond donors (Lipinski definition) is 0. The molecule has 0 bridgehead atoms. The molecule has 312 valence electrons. The van der Waals surface area contributed by atoms with Crippen molar-refractivity contribution >= 4 is 54.3 Å². The Bertz CT molecular complexity index is 4060. The first kappa shape index (κ1) is 38.5. The van der Waals surface area contributed by atoms with E-state index in [2.05, 4.69) is 224 Å². The molecule has 0 unspecified atom stereocenters. The summed E-state index contributed by atoms with van der Waals surface area (Å²) < 4.78 is 6.43. The molecule has 2 aromatic heterocycles. The summed E-state index contributed by atoms with van der Waals surface area (Å²) in [5, 5.41) is 9.25. The SMILES string of the molecule is c1cc(-c2ccc(-c3ccc4ccccc4c3)c(-c3cccc4oc5ccccc5c34)c2)cc(-c2nc(-c3cccc(-c4cccc5ccccc45)c3)nc(-c3cccc4ccccc34)n2)c1. The molecule has 0 saturated heterocycles. The van der Waals surface area contributed by atoms with E-state index in [-0.39, 0.29) is 0 Å². The van der Waals surface area contributed by atoms with Gasteiger partial charge in [0.25, 0.3) is 0 Å². The maximum absolute atomic E-state index is 6.43. The number of rotatable bonds is 7. The summed E-state index contributed by atoms with van der Waals surface area (Å²) in [4.78, 5) is 15.8. The lowest BCUT2D eigenvalue weighted by Gasteiger charge is -2.15. The van der Waals surface area contributed by atoms with Crippen LogP contribution in [0.25, 0.3) is 133 Å². The molecule has 0 fully saturated rings. The van der Waals surface area contributed by atoms with Crippen molar-refractivity contribution < 1.29 is 4.42 Å². The van der Waals surface area contributed by atoms with Crippen molar-refractivity contribution in [3.05, 3.63) is 237 Å². The van der Waals surface area contributed by atoms with Crippen LogP contribution in [0.15, 0.2) is 241 Å². The number of benzene rings is 11. The second-order valence-electron chi connectivity index (χ2n) is 17.1. The van der Waals surface area contributed by atoms with Crippen LogP contribution >= 0.6 is 0 Å². The third kappa shape index (κ3) is 6.82. The van der Waals surface area contributed by atoms with Crippen LogP contribution in [0, 0.1) is 0 Å². The lowest BCUT2D eigenvalue weighted by Crippen LogP contribution is -2.01. The van der Waals surface area contributed by atoms with E-state index in [0.717, 1.165) is 88.3 Å². The van der Waals surface area contributed by atoms with Crippen LogP contribution < -0.4 is 0 Å². The van der Waals surface area contributed by atoms with Crippen molar-refractivity contribution in [2.75, 3.05) is 0 Å². The monoisotopic (exact) mass is 853 g/mol. The normalized spacial score (nSPS) is 11.6. The highest BCUT2D eigenvalue weighted by molar-refractivity contribution is 6.14. The average Bonchev–Trinajstić information content (AvgIpc) is 3.79. The standard InChI is InChI=1S/C63H39N3O/c1-2-17-43-36-47(33-32-40(43)14-1)53-35-34-45(39-57(53)54-28-13-31-59-60(54)56-26-7-8-30-58(56)67-59)44-20-9-22-48(37-44)61-64-62(66-63(65-61)55-29-12-19-42-16-4-6-25-51(42)55)49-23-10-21-46(38-49)52-27-11-18-41-15-3-5-24-50(41)52/h1-39H. The minimum absolute atomic E-state index is 0.605. The zero-order valence-electron chi connectivity index (χ0n) is 36.3. The summed E-state index contributed by atoms with van der Waals surface area (Å²) in [5.41, 5.74) is 13.5. The van der Waals surface area contributed by atoms with Crippen LogP contribution in [0.5, 0.6) is 0 Å². The van der Waals surface area contributed by atoms with E-state index in [1.807, 2.05) is 12.1 Å². The largest absolute Gasteiger partial charge is 0.456 e. The Morgan fingerprint density at radius 3 is 1.51 bits per heavy atom. The average molecular weight is 854 g/mol. The molecule has 4 heteroatoms. The molecule has 0 atom stereocenters. The lowest BCUT2D eigenvalue weighted by molar-refractivity contribution is 0.669. The van der Waals surface area contributed by atoms with Gasteiger partial charge in [-0.2, -0.15) is 0 Å². The third-order valence-electron chi connectivity index (χ3n) is 13.1. The molecule has 0 radical (unpaired) electrons. The molecule has 0 amide bonds. The van der Waals surface area contributed by atoms with Gasteiger partial charge in [0.15, 0.2) is 17.5 Å². The van der Waals surface area contributed by atoms with Crippen LogP contribution in [0.4, 0.5) is 0 Å². The molecular weight excluding hydrogens is 815 g/mol. The quantitative estimate of drug-likeness (QED) is 0.160. The molecule has 4 nitrogen and oxygen atoms in total. The van der Waals surface area contributed by atoms with E-state index in [4.69, 9.17) is 19.4 Å². The van der Waals surface area contributed by atoms with Crippen LogP contribution in [-0.4, -0.2) is 15.0 Å². The van der Waals surface area contributed by atoms with Gasteiger partial charge in [-0.25, -0.2) is 15.0 Å². The topological polar surface area (TPSA) is 51.8 Å². The van der Waals surface area contributed by atoms with E-state index in [1.165, 1.54) is 27.1 Å².